The Hall–Kier alpha value is -1.42. The summed E-state index contributed by atoms with van der Waals surface area (Å²) in [6, 6.07) is 0. The predicted octanol–water partition coefficient (Wildman–Crippen LogP) is 7.05. The van der Waals surface area contributed by atoms with Gasteiger partial charge in [-0.1, -0.05) is 71.3 Å². The highest BCUT2D eigenvalue weighted by Gasteiger charge is 2.19. The van der Waals surface area contributed by atoms with Gasteiger partial charge < -0.3 is 15.2 Å². The lowest BCUT2D eigenvalue weighted by Gasteiger charge is -2.28. The first-order valence-corrected chi connectivity index (χ1v) is 10.6. The van der Waals surface area contributed by atoms with E-state index in [-0.39, 0.29) is 6.42 Å². The Labute approximate surface area is 176 Å². The van der Waals surface area contributed by atoms with Crippen LogP contribution in [0.4, 0.5) is 0 Å². The molecule has 0 bridgehead atoms. The number of carboxylic acids is 1. The lowest BCUT2D eigenvalue weighted by Crippen LogP contribution is -2.14. The van der Waals surface area contributed by atoms with Crippen LogP contribution in [-0.4, -0.2) is 32.0 Å². The van der Waals surface area contributed by atoms with E-state index in [9.17, 15) is 4.79 Å². The van der Waals surface area contributed by atoms with Crippen LogP contribution in [0, 0.1) is 5.41 Å². The van der Waals surface area contributed by atoms with Crippen molar-refractivity contribution in [2.45, 2.75) is 99.8 Å². The van der Waals surface area contributed by atoms with Crippen LogP contribution in [0.25, 0.3) is 0 Å². The number of carboxylic acid groups (broad SMARTS) is 1. The Kier molecular flexibility index (Phi) is 48.7. The van der Waals surface area contributed by atoms with Gasteiger partial charge in [-0.15, -0.1) is 0 Å². The number of allylic oxidation sites excluding steroid dienone is 4. The van der Waals surface area contributed by atoms with Gasteiger partial charge in [0.1, 0.15) is 6.79 Å². The molecule has 4 heteroatoms. The van der Waals surface area contributed by atoms with Crippen LogP contribution in [0.1, 0.15) is 99.8 Å². The average Bonchev–Trinajstić information content (AvgIpc) is 2.69. The van der Waals surface area contributed by atoms with E-state index < -0.39 is 5.97 Å². The maximum absolute atomic E-state index is 9.94. The lowest BCUT2D eigenvalue weighted by molar-refractivity contribution is -0.137. The molecule has 4 nitrogen and oxygen atoms in total. The Morgan fingerprint density at radius 1 is 0.964 bits per heavy atom. The Morgan fingerprint density at radius 3 is 1.57 bits per heavy atom. The number of nitrogens with one attached hydrogen (secondary N) is 1. The van der Waals surface area contributed by atoms with Gasteiger partial charge in [0, 0.05) is 6.42 Å². The topological polar surface area (TPSA) is 66.4 Å². The number of hydrogen-bond acceptors (Lipinski definition) is 3. The fourth-order valence-electron chi connectivity index (χ4n) is 2.05. The summed E-state index contributed by atoms with van der Waals surface area (Å²) in [5.41, 5.74) is 0.679. The van der Waals surface area contributed by atoms with Crippen molar-refractivity contribution in [1.82, 2.24) is 5.32 Å². The highest BCUT2D eigenvalue weighted by molar-refractivity contribution is 5.66. The van der Waals surface area contributed by atoms with Crippen molar-refractivity contribution in [3.63, 3.8) is 0 Å². The van der Waals surface area contributed by atoms with Crippen molar-refractivity contribution in [2.75, 3.05) is 14.1 Å². The van der Waals surface area contributed by atoms with E-state index in [1.165, 1.54) is 32.1 Å². The van der Waals surface area contributed by atoms with E-state index >= 15 is 0 Å². The van der Waals surface area contributed by atoms with Crippen molar-refractivity contribution in [2.24, 2.45) is 5.41 Å². The minimum absolute atomic E-state index is 0.282. The highest BCUT2D eigenvalue weighted by Crippen LogP contribution is 2.34. The van der Waals surface area contributed by atoms with Crippen LogP contribution >= 0.6 is 0 Å². The van der Waals surface area contributed by atoms with E-state index in [4.69, 9.17) is 9.90 Å². The lowest BCUT2D eigenvalue weighted by atomic mass is 9.78. The van der Waals surface area contributed by atoms with Gasteiger partial charge in [-0.25, -0.2) is 0 Å². The first kappa shape index (κ1) is 37.3. The second-order valence-electron chi connectivity index (χ2n) is 6.75. The minimum Gasteiger partial charge on any atom is -0.481 e. The van der Waals surface area contributed by atoms with E-state index in [1.807, 2.05) is 79.8 Å². The molecular formula is C24H51NO3. The smallest absolute Gasteiger partial charge is 0.303 e. The molecule has 0 spiro atoms. The van der Waals surface area contributed by atoms with Gasteiger partial charge >= 0.3 is 5.97 Å². The third-order valence-corrected chi connectivity index (χ3v) is 3.54. The van der Waals surface area contributed by atoms with Crippen molar-refractivity contribution in [1.29, 1.82) is 0 Å². The maximum atomic E-state index is 9.94. The van der Waals surface area contributed by atoms with E-state index in [0.29, 0.717) is 5.41 Å². The summed E-state index contributed by atoms with van der Waals surface area (Å²) in [5.74, 6) is -0.709. The summed E-state index contributed by atoms with van der Waals surface area (Å²) in [6.45, 7) is 16.7. The van der Waals surface area contributed by atoms with Gasteiger partial charge in [0.15, 0.2) is 0 Å². The quantitative estimate of drug-likeness (QED) is 0.391. The minimum atomic E-state index is -0.709. The Morgan fingerprint density at radius 2 is 1.36 bits per heavy atom. The zero-order chi connectivity index (χ0) is 23.3. The second-order valence-corrected chi connectivity index (χ2v) is 6.75. The van der Waals surface area contributed by atoms with Gasteiger partial charge in [0.25, 0.3) is 0 Å². The molecule has 0 aliphatic heterocycles. The predicted molar refractivity (Wildman–Crippen MR) is 127 cm³/mol. The number of aliphatic carboxylic acids is 1. The molecule has 2 N–H and O–H groups in total. The largest absolute Gasteiger partial charge is 0.481 e. The molecule has 0 aromatic rings. The summed E-state index contributed by atoms with van der Waals surface area (Å²) in [6.07, 6.45) is 17.1. The first-order valence-electron chi connectivity index (χ1n) is 10.6. The molecule has 28 heavy (non-hydrogen) atoms. The van der Waals surface area contributed by atoms with Gasteiger partial charge in [-0.2, -0.15) is 0 Å². The number of hydrogen-bond donors (Lipinski definition) is 2. The molecule has 0 aromatic carbocycles. The molecule has 0 unspecified atom stereocenters. The third kappa shape index (κ3) is 56.3. The summed E-state index contributed by atoms with van der Waals surface area (Å²) in [4.78, 5) is 17.9. The molecular weight excluding hydrogens is 350 g/mol. The van der Waals surface area contributed by atoms with Gasteiger partial charge in [-0.3, -0.25) is 4.79 Å². The standard InChI is InChI=1S/C8H16.C7H12O2.C4H8.C2H7N.C2H6.CH2O/c1-8(2)6-4-3-5-7-8;1-2-3-4-5-6-7(8)9;1-3-4-2;1-3-2;2*1-2/h3-7H2,1-2H3;2-3H,4-6H2,1H3,(H,8,9);3-4H,1-2H3;3H,1-2H3;1-2H3;1H2/b;3-2-;4-3-;;;. The normalized spacial score (nSPS) is 13.6. The summed E-state index contributed by atoms with van der Waals surface area (Å²) >= 11 is 0. The second kappa shape index (κ2) is 36.5. The van der Waals surface area contributed by atoms with Crippen LogP contribution in [0.3, 0.4) is 0 Å². The molecule has 0 amide bonds. The highest BCUT2D eigenvalue weighted by atomic mass is 16.4. The van der Waals surface area contributed by atoms with Crippen LogP contribution in [-0.2, 0) is 9.59 Å². The van der Waals surface area contributed by atoms with Crippen molar-refractivity contribution in [3.05, 3.63) is 24.3 Å². The molecule has 0 aromatic heterocycles. The van der Waals surface area contributed by atoms with Crippen LogP contribution in [0.2, 0.25) is 0 Å². The van der Waals surface area contributed by atoms with E-state index in [2.05, 4.69) is 19.2 Å². The van der Waals surface area contributed by atoms with Gasteiger partial charge in [0.2, 0.25) is 0 Å². The first-order chi connectivity index (χ1) is 13.3. The van der Waals surface area contributed by atoms with Crippen molar-refractivity contribution in [3.8, 4) is 0 Å². The van der Waals surface area contributed by atoms with Crippen LogP contribution in [0.15, 0.2) is 24.3 Å². The zero-order valence-electron chi connectivity index (χ0n) is 20.4. The van der Waals surface area contributed by atoms with Crippen LogP contribution < -0.4 is 5.32 Å². The third-order valence-electron chi connectivity index (χ3n) is 3.54. The number of carbonyl (C=O) groups is 2. The number of carbonyl (C=O) groups excluding carboxylic acids is 1. The molecule has 0 heterocycles. The molecule has 1 aliphatic carbocycles. The summed E-state index contributed by atoms with van der Waals surface area (Å²) in [5, 5.41) is 10.9. The van der Waals surface area contributed by atoms with Gasteiger partial charge in [0.05, 0.1) is 0 Å². The van der Waals surface area contributed by atoms with Gasteiger partial charge in [-0.05, 0) is 66.0 Å². The molecule has 0 radical (unpaired) electrons. The molecule has 1 fully saturated rings. The molecule has 1 rings (SSSR count). The monoisotopic (exact) mass is 401 g/mol. The van der Waals surface area contributed by atoms with Crippen molar-refractivity contribution < 1.29 is 14.7 Å². The van der Waals surface area contributed by atoms with E-state index in [0.717, 1.165) is 12.8 Å². The maximum Gasteiger partial charge on any atom is 0.303 e. The fourth-order valence-corrected chi connectivity index (χ4v) is 2.05. The average molecular weight is 402 g/mol. The van der Waals surface area contributed by atoms with E-state index in [1.54, 1.807) is 0 Å². The molecule has 1 aliphatic rings. The van der Waals surface area contributed by atoms with Crippen LogP contribution in [0.5, 0.6) is 0 Å². The fraction of sp³-hybridized carbons (Fsp3) is 0.750. The zero-order valence-corrected chi connectivity index (χ0v) is 20.4. The Balaban J connectivity index is -0.0000000846. The van der Waals surface area contributed by atoms with Crippen molar-refractivity contribution >= 4 is 12.8 Å². The molecule has 0 saturated heterocycles. The molecule has 0 atom stereocenters. The SMILES string of the molecule is C/C=C\C.C/C=C\CCCC(=O)O.C=O.CC.CC1(C)CCCCC1.CNC. The summed E-state index contributed by atoms with van der Waals surface area (Å²) in [7, 11) is 3.75. The molecule has 1 saturated carbocycles. The number of rotatable bonds is 4. The summed E-state index contributed by atoms with van der Waals surface area (Å²) < 4.78 is 0. The molecule has 170 valence electrons. The number of unbranched alkanes of at least 4 members (excludes halogenated alkanes) is 1. The Bertz CT molecular complexity index is 312.